The molecule has 4 rings (SSSR count). The van der Waals surface area contributed by atoms with Crippen molar-refractivity contribution < 1.29 is 9.32 Å². The first-order valence-corrected chi connectivity index (χ1v) is 11.1. The first-order valence-electron chi connectivity index (χ1n) is 10.8. The highest BCUT2D eigenvalue weighted by atomic mass is 35.5. The van der Waals surface area contributed by atoms with Crippen molar-refractivity contribution in [3.63, 3.8) is 0 Å². The number of rotatable bonds is 7. The van der Waals surface area contributed by atoms with Crippen LogP contribution in [0, 0.1) is 0 Å². The zero-order valence-corrected chi connectivity index (χ0v) is 18.5. The minimum atomic E-state index is 0.0553. The largest absolute Gasteiger partial charge is 0.371 e. The van der Waals surface area contributed by atoms with Gasteiger partial charge in [-0.25, -0.2) is 0 Å². The summed E-state index contributed by atoms with van der Waals surface area (Å²) in [5.74, 6) is 1.02. The van der Waals surface area contributed by atoms with Gasteiger partial charge in [0, 0.05) is 55.8 Å². The van der Waals surface area contributed by atoms with Gasteiger partial charge >= 0.3 is 0 Å². The van der Waals surface area contributed by atoms with E-state index in [1.165, 1.54) is 30.5 Å². The predicted octanol–water partition coefficient (Wildman–Crippen LogP) is 4.97. The summed E-state index contributed by atoms with van der Waals surface area (Å²) >= 11 is 5.92. The molecule has 1 aliphatic heterocycles. The summed E-state index contributed by atoms with van der Waals surface area (Å²) in [6.07, 6.45) is 4.49. The van der Waals surface area contributed by atoms with Crippen molar-refractivity contribution in [3.05, 3.63) is 65.0 Å². The first kappa shape index (κ1) is 21.4. The topological polar surface area (TPSA) is 62.5 Å². The van der Waals surface area contributed by atoms with Gasteiger partial charge in [0.25, 0.3) is 0 Å². The molecular weight excluding hydrogens is 412 g/mol. The van der Waals surface area contributed by atoms with Crippen LogP contribution in [-0.4, -0.2) is 41.1 Å². The fourth-order valence-electron chi connectivity index (χ4n) is 3.91. The number of amides is 1. The van der Waals surface area contributed by atoms with Crippen LogP contribution in [0.25, 0.3) is 11.4 Å². The number of carbonyl (C=O) groups excluding carboxylic acids is 1. The number of anilines is 1. The van der Waals surface area contributed by atoms with Crippen molar-refractivity contribution >= 4 is 23.2 Å². The molecule has 1 amide bonds. The quantitative estimate of drug-likeness (QED) is 0.521. The minimum Gasteiger partial charge on any atom is -0.371 e. The molecule has 0 radical (unpaired) electrons. The zero-order valence-electron chi connectivity index (χ0n) is 17.8. The van der Waals surface area contributed by atoms with E-state index in [0.29, 0.717) is 36.1 Å². The van der Waals surface area contributed by atoms with Crippen LogP contribution >= 0.6 is 11.6 Å². The summed E-state index contributed by atoms with van der Waals surface area (Å²) in [6, 6.07) is 15.6. The molecule has 1 saturated heterocycles. The molecule has 0 unspecified atom stereocenters. The molecule has 1 fully saturated rings. The first-order chi connectivity index (χ1) is 15.1. The molecule has 0 N–H and O–H groups in total. The summed E-state index contributed by atoms with van der Waals surface area (Å²) in [5.41, 5.74) is 3.26. The third-order valence-corrected chi connectivity index (χ3v) is 5.90. The Morgan fingerprint density at radius 2 is 1.84 bits per heavy atom. The van der Waals surface area contributed by atoms with Crippen molar-refractivity contribution in [2.75, 3.05) is 25.0 Å². The molecule has 2 aromatic carbocycles. The van der Waals surface area contributed by atoms with E-state index >= 15 is 0 Å². The molecule has 0 atom stereocenters. The standard InChI is InChI=1S/C24H27ClN4O2/c1-28(17-19-7-3-4-8-21(19)29-15-5-2-6-16-29)23(30)14-13-22-26-24(27-31-22)18-9-11-20(25)12-10-18/h3-4,7-12H,2,5-6,13-17H2,1H3. The predicted molar refractivity (Wildman–Crippen MR) is 122 cm³/mol. The Hall–Kier alpha value is -2.86. The van der Waals surface area contributed by atoms with Crippen molar-refractivity contribution in [1.82, 2.24) is 15.0 Å². The summed E-state index contributed by atoms with van der Waals surface area (Å²) in [5, 5.41) is 4.67. The second-order valence-electron chi connectivity index (χ2n) is 7.94. The maximum Gasteiger partial charge on any atom is 0.227 e. The van der Waals surface area contributed by atoms with Crippen LogP contribution in [0.5, 0.6) is 0 Å². The normalized spacial score (nSPS) is 13.9. The van der Waals surface area contributed by atoms with Gasteiger partial charge in [0.2, 0.25) is 17.6 Å². The van der Waals surface area contributed by atoms with Gasteiger partial charge < -0.3 is 14.3 Å². The Kier molecular flexibility index (Phi) is 6.87. The second-order valence-corrected chi connectivity index (χ2v) is 8.38. The van der Waals surface area contributed by atoms with Gasteiger partial charge in [0.15, 0.2) is 0 Å². The van der Waals surface area contributed by atoms with E-state index in [1.54, 1.807) is 17.0 Å². The van der Waals surface area contributed by atoms with Crippen LogP contribution in [0.1, 0.15) is 37.1 Å². The van der Waals surface area contributed by atoms with E-state index in [4.69, 9.17) is 16.1 Å². The van der Waals surface area contributed by atoms with E-state index in [0.717, 1.165) is 18.7 Å². The lowest BCUT2D eigenvalue weighted by molar-refractivity contribution is -0.130. The molecule has 2 heterocycles. The number of aromatic nitrogens is 2. The lowest BCUT2D eigenvalue weighted by atomic mass is 10.1. The van der Waals surface area contributed by atoms with Crippen molar-refractivity contribution in [2.45, 2.75) is 38.6 Å². The van der Waals surface area contributed by atoms with E-state index in [1.807, 2.05) is 25.2 Å². The van der Waals surface area contributed by atoms with E-state index in [9.17, 15) is 4.79 Å². The highest BCUT2D eigenvalue weighted by Gasteiger charge is 2.18. The number of carbonyl (C=O) groups is 1. The molecule has 0 saturated carbocycles. The number of hydrogen-bond acceptors (Lipinski definition) is 5. The Balaban J connectivity index is 1.34. The summed E-state index contributed by atoms with van der Waals surface area (Å²) < 4.78 is 5.32. The Morgan fingerprint density at radius 1 is 1.10 bits per heavy atom. The monoisotopic (exact) mass is 438 g/mol. The van der Waals surface area contributed by atoms with Crippen LogP contribution in [0.4, 0.5) is 5.69 Å². The third-order valence-electron chi connectivity index (χ3n) is 5.64. The average molecular weight is 439 g/mol. The van der Waals surface area contributed by atoms with Crippen LogP contribution in [0.2, 0.25) is 5.02 Å². The maximum atomic E-state index is 12.7. The van der Waals surface area contributed by atoms with Crippen LogP contribution in [0.15, 0.2) is 53.1 Å². The van der Waals surface area contributed by atoms with E-state index < -0.39 is 0 Å². The summed E-state index contributed by atoms with van der Waals surface area (Å²) in [4.78, 5) is 21.3. The van der Waals surface area contributed by atoms with Gasteiger partial charge in [-0.15, -0.1) is 0 Å². The Morgan fingerprint density at radius 3 is 2.61 bits per heavy atom. The molecule has 31 heavy (non-hydrogen) atoms. The molecule has 3 aromatic rings. The molecule has 7 heteroatoms. The molecule has 0 aliphatic carbocycles. The lowest BCUT2D eigenvalue weighted by Crippen LogP contribution is -2.32. The minimum absolute atomic E-state index is 0.0553. The molecule has 162 valence electrons. The second kappa shape index (κ2) is 9.96. The Bertz CT molecular complexity index is 1010. The number of aryl methyl sites for hydroxylation is 1. The van der Waals surface area contributed by atoms with Gasteiger partial charge in [0.1, 0.15) is 0 Å². The van der Waals surface area contributed by atoms with Gasteiger partial charge in [0.05, 0.1) is 0 Å². The highest BCUT2D eigenvalue weighted by molar-refractivity contribution is 6.30. The van der Waals surface area contributed by atoms with Crippen molar-refractivity contribution in [2.24, 2.45) is 0 Å². The molecular formula is C24H27ClN4O2. The smallest absolute Gasteiger partial charge is 0.227 e. The number of halogens is 1. The van der Waals surface area contributed by atoms with Crippen LogP contribution in [0.3, 0.4) is 0 Å². The van der Waals surface area contributed by atoms with E-state index in [2.05, 4.69) is 33.2 Å². The van der Waals surface area contributed by atoms with Gasteiger partial charge in [-0.05, 0) is 55.2 Å². The molecule has 6 nitrogen and oxygen atoms in total. The molecule has 1 aliphatic rings. The summed E-state index contributed by atoms with van der Waals surface area (Å²) in [6.45, 7) is 2.76. The van der Waals surface area contributed by atoms with Crippen molar-refractivity contribution in [3.8, 4) is 11.4 Å². The number of nitrogens with zero attached hydrogens (tertiary/aromatic N) is 4. The Labute approximate surface area is 187 Å². The zero-order chi connectivity index (χ0) is 21.6. The third kappa shape index (κ3) is 5.44. The molecule has 0 spiro atoms. The van der Waals surface area contributed by atoms with Crippen LogP contribution in [-0.2, 0) is 17.8 Å². The van der Waals surface area contributed by atoms with Gasteiger partial charge in [-0.3, -0.25) is 4.79 Å². The SMILES string of the molecule is CN(Cc1ccccc1N1CCCCC1)C(=O)CCc1nc(-c2ccc(Cl)cc2)no1. The van der Waals surface area contributed by atoms with Crippen LogP contribution < -0.4 is 4.90 Å². The number of hydrogen-bond donors (Lipinski definition) is 0. The highest BCUT2D eigenvalue weighted by Crippen LogP contribution is 2.25. The fraction of sp³-hybridized carbons (Fsp3) is 0.375. The molecule has 1 aromatic heterocycles. The number of piperidine rings is 1. The lowest BCUT2D eigenvalue weighted by Gasteiger charge is -2.31. The number of para-hydroxylation sites is 1. The number of benzene rings is 2. The fourth-order valence-corrected chi connectivity index (χ4v) is 4.03. The average Bonchev–Trinajstić information content (AvgIpc) is 3.28. The van der Waals surface area contributed by atoms with Gasteiger partial charge in [-0.1, -0.05) is 35.0 Å². The maximum absolute atomic E-state index is 12.7. The van der Waals surface area contributed by atoms with E-state index in [-0.39, 0.29) is 5.91 Å². The molecule has 0 bridgehead atoms. The summed E-state index contributed by atoms with van der Waals surface area (Å²) in [7, 11) is 1.85. The van der Waals surface area contributed by atoms with Crippen molar-refractivity contribution in [1.29, 1.82) is 0 Å². The van der Waals surface area contributed by atoms with Gasteiger partial charge in [-0.2, -0.15) is 4.98 Å².